The zero-order chi connectivity index (χ0) is 23.8. The molecule has 2 aromatic carbocycles. The van der Waals surface area contributed by atoms with E-state index in [1.807, 2.05) is 30.7 Å². The molecule has 4 rings (SSSR count). The standard InChI is InChI=1S/C24H29N3O4S2/c1-16-10-15-20(31-4)21-22(16)32-24(26(21)2)25-23(28)17-11-13-19(14-12-17)33(29,30)27(3)18-8-6-5-7-9-18/h10-15,18H,5-9H2,1-4H3. The number of hydrogen-bond donors (Lipinski definition) is 0. The van der Waals surface area contributed by atoms with Gasteiger partial charge in [-0.05, 0) is 55.7 Å². The fourth-order valence-corrected chi connectivity index (χ4v) is 6.86. The van der Waals surface area contributed by atoms with Gasteiger partial charge in [-0.1, -0.05) is 36.7 Å². The summed E-state index contributed by atoms with van der Waals surface area (Å²) in [4.78, 5) is 17.9. The number of benzene rings is 2. The van der Waals surface area contributed by atoms with E-state index in [2.05, 4.69) is 4.99 Å². The van der Waals surface area contributed by atoms with Crippen molar-refractivity contribution in [3.8, 4) is 5.75 Å². The van der Waals surface area contributed by atoms with Gasteiger partial charge in [-0.2, -0.15) is 9.30 Å². The molecule has 0 N–H and O–H groups in total. The van der Waals surface area contributed by atoms with Crippen molar-refractivity contribution in [3.05, 3.63) is 52.3 Å². The first-order chi connectivity index (χ1) is 15.7. The molecule has 1 heterocycles. The van der Waals surface area contributed by atoms with E-state index in [0.29, 0.717) is 10.4 Å². The highest BCUT2D eigenvalue weighted by molar-refractivity contribution is 7.89. The second-order valence-corrected chi connectivity index (χ2v) is 11.4. The number of thiazole rings is 1. The van der Waals surface area contributed by atoms with E-state index in [9.17, 15) is 13.2 Å². The Kier molecular flexibility index (Phi) is 6.74. The minimum atomic E-state index is -3.60. The third kappa shape index (κ3) is 4.49. The number of sulfonamides is 1. The molecule has 0 saturated heterocycles. The van der Waals surface area contributed by atoms with Gasteiger partial charge in [-0.15, -0.1) is 0 Å². The highest BCUT2D eigenvalue weighted by Gasteiger charge is 2.29. The van der Waals surface area contributed by atoms with Crippen LogP contribution >= 0.6 is 11.3 Å². The Labute approximate surface area is 198 Å². The Balaban J connectivity index is 1.62. The zero-order valence-corrected chi connectivity index (χ0v) is 21.0. The SMILES string of the molecule is COc1ccc(C)c2sc(=NC(=O)c3ccc(S(=O)(=O)N(C)C4CCCCC4)cc3)n(C)c12. The molecular formula is C24H29N3O4S2. The van der Waals surface area contributed by atoms with Gasteiger partial charge in [0.1, 0.15) is 11.3 Å². The van der Waals surface area contributed by atoms with Gasteiger partial charge in [0.2, 0.25) is 10.0 Å². The quantitative estimate of drug-likeness (QED) is 0.539. The van der Waals surface area contributed by atoms with Crippen LogP contribution in [0.25, 0.3) is 10.2 Å². The lowest BCUT2D eigenvalue weighted by atomic mass is 9.96. The van der Waals surface area contributed by atoms with E-state index in [4.69, 9.17) is 4.74 Å². The number of rotatable bonds is 5. The summed E-state index contributed by atoms with van der Waals surface area (Å²) < 4.78 is 35.9. The summed E-state index contributed by atoms with van der Waals surface area (Å²) in [6.45, 7) is 2.01. The van der Waals surface area contributed by atoms with Crippen molar-refractivity contribution in [1.29, 1.82) is 0 Å². The maximum absolute atomic E-state index is 13.0. The van der Waals surface area contributed by atoms with Gasteiger partial charge in [-0.3, -0.25) is 4.79 Å². The largest absolute Gasteiger partial charge is 0.495 e. The predicted molar refractivity (Wildman–Crippen MR) is 130 cm³/mol. The van der Waals surface area contributed by atoms with Gasteiger partial charge in [0, 0.05) is 25.7 Å². The van der Waals surface area contributed by atoms with Crippen LogP contribution in [0.15, 0.2) is 46.3 Å². The Morgan fingerprint density at radius 3 is 2.42 bits per heavy atom. The van der Waals surface area contributed by atoms with Crippen molar-refractivity contribution in [2.24, 2.45) is 12.0 Å². The van der Waals surface area contributed by atoms with Crippen LogP contribution in [0.4, 0.5) is 0 Å². The molecule has 0 spiro atoms. The topological polar surface area (TPSA) is 81.0 Å². The first kappa shape index (κ1) is 23.7. The van der Waals surface area contributed by atoms with Crippen LogP contribution in [-0.2, 0) is 17.1 Å². The minimum absolute atomic E-state index is 0.0356. The molecule has 33 heavy (non-hydrogen) atoms. The van der Waals surface area contributed by atoms with Crippen LogP contribution in [0, 0.1) is 6.92 Å². The summed E-state index contributed by atoms with van der Waals surface area (Å²) in [5, 5.41) is 0. The van der Waals surface area contributed by atoms with E-state index in [0.717, 1.165) is 53.6 Å². The maximum atomic E-state index is 13.0. The number of aryl methyl sites for hydroxylation is 2. The summed E-state index contributed by atoms with van der Waals surface area (Å²) in [5.74, 6) is 0.304. The van der Waals surface area contributed by atoms with Gasteiger partial charge in [-0.25, -0.2) is 8.42 Å². The van der Waals surface area contributed by atoms with Gasteiger partial charge < -0.3 is 9.30 Å². The average molecular weight is 488 g/mol. The molecule has 0 atom stereocenters. The fourth-order valence-electron chi connectivity index (χ4n) is 4.35. The Morgan fingerprint density at radius 2 is 1.79 bits per heavy atom. The molecule has 1 fully saturated rings. The van der Waals surface area contributed by atoms with Crippen molar-refractivity contribution in [2.45, 2.75) is 50.0 Å². The number of carbonyl (C=O) groups is 1. The van der Waals surface area contributed by atoms with E-state index in [1.54, 1.807) is 14.2 Å². The number of aromatic nitrogens is 1. The fraction of sp³-hybridized carbons (Fsp3) is 0.417. The lowest BCUT2D eigenvalue weighted by molar-refractivity contribution is 0.0998. The molecule has 1 aliphatic rings. The van der Waals surface area contributed by atoms with Crippen molar-refractivity contribution < 1.29 is 17.9 Å². The molecule has 0 radical (unpaired) electrons. The number of carbonyl (C=O) groups excluding carboxylic acids is 1. The minimum Gasteiger partial charge on any atom is -0.495 e. The zero-order valence-electron chi connectivity index (χ0n) is 19.4. The maximum Gasteiger partial charge on any atom is 0.279 e. The first-order valence-corrected chi connectivity index (χ1v) is 13.3. The van der Waals surface area contributed by atoms with Gasteiger partial charge in [0.15, 0.2) is 4.80 Å². The molecule has 0 unspecified atom stereocenters. The summed E-state index contributed by atoms with van der Waals surface area (Å²) in [6.07, 6.45) is 5.05. The van der Waals surface area contributed by atoms with Gasteiger partial charge in [0.25, 0.3) is 5.91 Å². The number of hydrogen-bond acceptors (Lipinski definition) is 5. The summed E-state index contributed by atoms with van der Waals surface area (Å²) >= 11 is 1.42. The van der Waals surface area contributed by atoms with Crippen LogP contribution in [0.2, 0.25) is 0 Å². The molecular weight excluding hydrogens is 458 g/mol. The van der Waals surface area contributed by atoms with Gasteiger partial charge >= 0.3 is 0 Å². The Morgan fingerprint density at radius 1 is 1.12 bits per heavy atom. The van der Waals surface area contributed by atoms with E-state index >= 15 is 0 Å². The van der Waals surface area contributed by atoms with Crippen LogP contribution in [-0.4, -0.2) is 43.4 Å². The molecule has 7 nitrogen and oxygen atoms in total. The molecule has 0 aliphatic heterocycles. The third-order valence-electron chi connectivity index (χ3n) is 6.39. The Bertz CT molecular complexity index is 1350. The first-order valence-electron chi connectivity index (χ1n) is 11.0. The number of fused-ring (bicyclic) bond motifs is 1. The van der Waals surface area contributed by atoms with Crippen molar-refractivity contribution in [1.82, 2.24) is 8.87 Å². The number of ether oxygens (including phenoxy) is 1. The molecule has 1 aliphatic carbocycles. The Hall–Kier alpha value is -2.49. The average Bonchev–Trinajstić information content (AvgIpc) is 3.16. The van der Waals surface area contributed by atoms with Crippen LogP contribution < -0.4 is 9.54 Å². The number of amides is 1. The van der Waals surface area contributed by atoms with Crippen molar-refractivity contribution >= 4 is 37.5 Å². The molecule has 1 saturated carbocycles. The molecule has 0 bridgehead atoms. The van der Waals surface area contributed by atoms with Crippen LogP contribution in [0.3, 0.4) is 0 Å². The second-order valence-electron chi connectivity index (χ2n) is 8.46. The molecule has 1 aromatic heterocycles. The lowest BCUT2D eigenvalue weighted by Crippen LogP contribution is -2.38. The van der Waals surface area contributed by atoms with Crippen LogP contribution in [0.1, 0.15) is 48.0 Å². The molecule has 176 valence electrons. The highest BCUT2D eigenvalue weighted by Crippen LogP contribution is 2.30. The van der Waals surface area contributed by atoms with Crippen molar-refractivity contribution in [2.75, 3.05) is 14.2 Å². The lowest BCUT2D eigenvalue weighted by Gasteiger charge is -2.30. The van der Waals surface area contributed by atoms with Crippen LogP contribution in [0.5, 0.6) is 5.75 Å². The predicted octanol–water partition coefficient (Wildman–Crippen LogP) is 4.25. The molecule has 3 aromatic rings. The summed E-state index contributed by atoms with van der Waals surface area (Å²) in [6, 6.07) is 9.98. The number of nitrogens with zero attached hydrogens (tertiary/aromatic N) is 3. The highest BCUT2D eigenvalue weighted by atomic mass is 32.2. The molecule has 9 heteroatoms. The smallest absolute Gasteiger partial charge is 0.279 e. The normalized spacial score (nSPS) is 16.0. The summed E-state index contributed by atoms with van der Waals surface area (Å²) in [7, 11) is 1.52. The molecule has 1 amide bonds. The van der Waals surface area contributed by atoms with Gasteiger partial charge in [0.05, 0.1) is 16.7 Å². The van der Waals surface area contributed by atoms with E-state index in [-0.39, 0.29) is 10.9 Å². The number of methoxy groups -OCH3 is 1. The summed E-state index contributed by atoms with van der Waals surface area (Å²) in [5.41, 5.74) is 2.31. The van der Waals surface area contributed by atoms with E-state index < -0.39 is 15.9 Å². The van der Waals surface area contributed by atoms with E-state index in [1.165, 1.54) is 39.9 Å². The van der Waals surface area contributed by atoms with Crippen molar-refractivity contribution in [3.63, 3.8) is 0 Å². The second kappa shape index (κ2) is 9.40. The third-order valence-corrected chi connectivity index (χ3v) is 9.58. The monoisotopic (exact) mass is 487 g/mol.